The molecule has 0 aromatic heterocycles. The second kappa shape index (κ2) is 10.6. The van der Waals surface area contributed by atoms with Gasteiger partial charge in [0, 0.05) is 31.7 Å². The second-order valence-electron chi connectivity index (χ2n) is 7.74. The largest absolute Gasteiger partial charge is 0.396 e. The number of nitrogens with one attached hydrogen (secondary N) is 2. The molecule has 1 aliphatic rings. The van der Waals surface area contributed by atoms with E-state index in [9.17, 15) is 5.11 Å². The lowest BCUT2D eigenvalue weighted by Crippen LogP contribution is -2.42. The van der Waals surface area contributed by atoms with E-state index in [-0.39, 0.29) is 18.1 Å². The van der Waals surface area contributed by atoms with E-state index in [1.54, 1.807) is 0 Å². The minimum atomic E-state index is -0.0327. The number of ether oxygens (including phenoxy) is 1. The number of aliphatic imine (C=N–C) groups is 1. The summed E-state index contributed by atoms with van der Waals surface area (Å²) in [5.74, 6) is 0.820. The fourth-order valence-corrected chi connectivity index (χ4v) is 3.46. The number of hydrogen-bond donors (Lipinski definition) is 3. The number of hydrogen-bond acceptors (Lipinski definition) is 4. The van der Waals surface area contributed by atoms with Crippen molar-refractivity contribution >= 4 is 5.96 Å². The third-order valence-corrected chi connectivity index (χ3v) is 5.29. The predicted octanol–water partition coefficient (Wildman–Crippen LogP) is 1.94. The zero-order valence-corrected chi connectivity index (χ0v) is 17.3. The van der Waals surface area contributed by atoms with Crippen molar-refractivity contribution in [1.29, 1.82) is 0 Å². The molecule has 152 valence electrons. The summed E-state index contributed by atoms with van der Waals surface area (Å²) in [7, 11) is 4.20. The quantitative estimate of drug-likeness (QED) is 0.454. The maximum atomic E-state index is 9.40. The van der Waals surface area contributed by atoms with E-state index in [1.807, 2.05) is 0 Å². The summed E-state index contributed by atoms with van der Waals surface area (Å²) >= 11 is 0. The van der Waals surface area contributed by atoms with Gasteiger partial charge >= 0.3 is 0 Å². The number of aliphatic hydroxyl groups is 1. The van der Waals surface area contributed by atoms with Crippen LogP contribution in [-0.4, -0.2) is 69.5 Å². The van der Waals surface area contributed by atoms with E-state index in [2.05, 4.69) is 67.7 Å². The highest BCUT2D eigenvalue weighted by molar-refractivity contribution is 5.79. The lowest BCUT2D eigenvalue weighted by Gasteiger charge is -2.27. The van der Waals surface area contributed by atoms with E-state index < -0.39 is 0 Å². The van der Waals surface area contributed by atoms with Gasteiger partial charge < -0.3 is 25.4 Å². The van der Waals surface area contributed by atoms with Crippen LogP contribution in [0.25, 0.3) is 0 Å². The molecule has 6 nitrogen and oxygen atoms in total. The number of aliphatic hydroxyl groups excluding tert-OH is 1. The summed E-state index contributed by atoms with van der Waals surface area (Å²) in [6.45, 7) is 8.05. The van der Waals surface area contributed by atoms with Crippen molar-refractivity contribution in [2.45, 2.75) is 32.7 Å². The Hall–Kier alpha value is -1.63. The van der Waals surface area contributed by atoms with Crippen molar-refractivity contribution in [2.75, 3.05) is 53.6 Å². The van der Waals surface area contributed by atoms with Gasteiger partial charge in [0.1, 0.15) is 0 Å². The first-order chi connectivity index (χ1) is 13.0. The Morgan fingerprint density at radius 1 is 1.30 bits per heavy atom. The molecule has 0 amide bonds. The molecule has 1 aliphatic heterocycles. The minimum absolute atomic E-state index is 0.0327. The lowest BCUT2D eigenvalue weighted by atomic mass is 9.84. The van der Waals surface area contributed by atoms with Crippen molar-refractivity contribution in [1.82, 2.24) is 15.5 Å². The number of nitrogens with zero attached hydrogens (tertiary/aromatic N) is 2. The molecule has 0 radical (unpaired) electrons. The van der Waals surface area contributed by atoms with Crippen LogP contribution in [-0.2, 0) is 4.74 Å². The summed E-state index contributed by atoms with van der Waals surface area (Å²) in [5.41, 5.74) is 2.52. The fraction of sp³-hybridized carbons (Fsp3) is 0.667. The van der Waals surface area contributed by atoms with Crippen molar-refractivity contribution < 1.29 is 9.84 Å². The van der Waals surface area contributed by atoms with Gasteiger partial charge in [0.05, 0.1) is 19.2 Å². The second-order valence-corrected chi connectivity index (χ2v) is 7.74. The Labute approximate surface area is 164 Å². The van der Waals surface area contributed by atoms with Crippen LogP contribution >= 0.6 is 0 Å². The van der Waals surface area contributed by atoms with Gasteiger partial charge in [-0.2, -0.15) is 0 Å². The molecular weight excluding hydrogens is 340 g/mol. The first kappa shape index (κ1) is 21.7. The molecule has 2 unspecified atom stereocenters. The van der Waals surface area contributed by atoms with Crippen LogP contribution in [0.3, 0.4) is 0 Å². The Bertz CT molecular complexity index is 580. The fourth-order valence-electron chi connectivity index (χ4n) is 3.46. The number of likely N-dealkylation sites (N-methyl/N-ethyl adjacent to an activating group) is 1. The molecule has 3 N–H and O–H groups in total. The van der Waals surface area contributed by atoms with Crippen LogP contribution in [0.1, 0.15) is 36.9 Å². The molecule has 2 atom stereocenters. The van der Waals surface area contributed by atoms with Gasteiger partial charge in [0.25, 0.3) is 0 Å². The molecule has 1 heterocycles. The van der Waals surface area contributed by atoms with Gasteiger partial charge in [-0.15, -0.1) is 0 Å². The summed E-state index contributed by atoms with van der Waals surface area (Å²) in [4.78, 5) is 7.03. The Morgan fingerprint density at radius 3 is 2.59 bits per heavy atom. The molecular formula is C21H36N4O2. The summed E-state index contributed by atoms with van der Waals surface area (Å²) in [6, 6.07) is 8.96. The van der Waals surface area contributed by atoms with Gasteiger partial charge in [-0.05, 0) is 46.3 Å². The third-order valence-electron chi connectivity index (χ3n) is 5.29. The Morgan fingerprint density at radius 2 is 2.04 bits per heavy atom. The van der Waals surface area contributed by atoms with Gasteiger partial charge in [0.2, 0.25) is 0 Å². The van der Waals surface area contributed by atoms with Crippen molar-refractivity contribution in [3.05, 3.63) is 35.4 Å². The van der Waals surface area contributed by atoms with Crippen LogP contribution in [0.15, 0.2) is 29.3 Å². The van der Waals surface area contributed by atoms with Crippen molar-refractivity contribution in [3.8, 4) is 0 Å². The molecule has 1 aromatic carbocycles. The van der Waals surface area contributed by atoms with Crippen LogP contribution < -0.4 is 10.6 Å². The standard InChI is InChI=1S/C21H36N4O2/c1-5-22-20(24-15-21(10-12-26)11-13-27-16-21)23-14-19(25(3)4)18-8-6-17(2)7-9-18/h6-9,19,26H,5,10-16H2,1-4H3,(H2,22,23,24). The number of benzene rings is 1. The van der Waals surface area contributed by atoms with Crippen molar-refractivity contribution in [3.63, 3.8) is 0 Å². The van der Waals surface area contributed by atoms with Crippen LogP contribution in [0.4, 0.5) is 0 Å². The van der Waals surface area contributed by atoms with Gasteiger partial charge in [-0.3, -0.25) is 4.99 Å². The highest BCUT2D eigenvalue weighted by atomic mass is 16.5. The summed E-state index contributed by atoms with van der Waals surface area (Å²) < 4.78 is 5.57. The summed E-state index contributed by atoms with van der Waals surface area (Å²) in [6.07, 6.45) is 1.69. The minimum Gasteiger partial charge on any atom is -0.396 e. The maximum absolute atomic E-state index is 9.40. The first-order valence-electron chi connectivity index (χ1n) is 9.93. The first-order valence-corrected chi connectivity index (χ1v) is 9.93. The number of guanidine groups is 1. The topological polar surface area (TPSA) is 69.1 Å². The number of aryl methyl sites for hydroxylation is 1. The van der Waals surface area contributed by atoms with E-state index in [0.717, 1.165) is 38.5 Å². The predicted molar refractivity (Wildman–Crippen MR) is 111 cm³/mol. The normalized spacial score (nSPS) is 21.5. The molecule has 6 heteroatoms. The molecule has 2 rings (SSSR count). The smallest absolute Gasteiger partial charge is 0.191 e. The maximum Gasteiger partial charge on any atom is 0.191 e. The Balaban J connectivity index is 2.03. The van der Waals surface area contributed by atoms with E-state index in [1.165, 1.54) is 11.1 Å². The van der Waals surface area contributed by atoms with E-state index in [0.29, 0.717) is 13.2 Å². The van der Waals surface area contributed by atoms with Crippen LogP contribution in [0, 0.1) is 12.3 Å². The average molecular weight is 377 g/mol. The van der Waals surface area contributed by atoms with E-state index >= 15 is 0 Å². The molecule has 27 heavy (non-hydrogen) atoms. The number of rotatable bonds is 9. The monoisotopic (exact) mass is 376 g/mol. The molecule has 0 spiro atoms. The van der Waals surface area contributed by atoms with Gasteiger partial charge in [-0.25, -0.2) is 0 Å². The molecule has 0 saturated carbocycles. The van der Waals surface area contributed by atoms with Crippen LogP contribution in [0.2, 0.25) is 0 Å². The molecule has 0 bridgehead atoms. The third kappa shape index (κ3) is 6.48. The average Bonchev–Trinajstić information content (AvgIpc) is 3.10. The molecule has 1 aromatic rings. The highest BCUT2D eigenvalue weighted by Gasteiger charge is 2.34. The molecule has 0 aliphatic carbocycles. The van der Waals surface area contributed by atoms with Crippen LogP contribution in [0.5, 0.6) is 0 Å². The zero-order chi connectivity index (χ0) is 19.7. The SMILES string of the molecule is CCNC(=NCC1(CCO)CCOC1)NCC(c1ccc(C)cc1)N(C)C. The van der Waals surface area contributed by atoms with Gasteiger partial charge in [-0.1, -0.05) is 29.8 Å². The van der Waals surface area contributed by atoms with E-state index in [4.69, 9.17) is 9.73 Å². The zero-order valence-electron chi connectivity index (χ0n) is 17.3. The van der Waals surface area contributed by atoms with Gasteiger partial charge in [0.15, 0.2) is 5.96 Å². The molecule has 1 saturated heterocycles. The summed E-state index contributed by atoms with van der Waals surface area (Å²) in [5, 5.41) is 16.2. The molecule has 1 fully saturated rings. The lowest BCUT2D eigenvalue weighted by molar-refractivity contribution is 0.131. The Kier molecular flexibility index (Phi) is 8.54. The van der Waals surface area contributed by atoms with Crippen molar-refractivity contribution in [2.24, 2.45) is 10.4 Å². The highest BCUT2D eigenvalue weighted by Crippen LogP contribution is 2.32.